The second-order valence-electron chi connectivity index (χ2n) is 5.34. The second-order valence-corrected chi connectivity index (χ2v) is 5.73. The van der Waals surface area contributed by atoms with Gasteiger partial charge in [0.15, 0.2) is 0 Å². The third-order valence-electron chi connectivity index (χ3n) is 3.83. The summed E-state index contributed by atoms with van der Waals surface area (Å²) < 4.78 is 0. The Bertz CT molecular complexity index is 994. The minimum Gasteiger partial charge on any atom is -0.251 e. The van der Waals surface area contributed by atoms with Gasteiger partial charge in [0.1, 0.15) is 5.15 Å². The zero-order chi connectivity index (χ0) is 15.1. The highest BCUT2D eigenvalue weighted by Gasteiger charge is 2.11. The van der Waals surface area contributed by atoms with E-state index in [2.05, 4.69) is 40.3 Å². The Hall–Kier alpha value is -2.45. The van der Waals surface area contributed by atoms with Gasteiger partial charge >= 0.3 is 0 Å². The summed E-state index contributed by atoms with van der Waals surface area (Å²) in [5.74, 6) is 0. The fourth-order valence-corrected chi connectivity index (χ4v) is 2.99. The second kappa shape index (κ2) is 5.08. The first-order chi connectivity index (χ1) is 10.7. The van der Waals surface area contributed by atoms with E-state index < -0.39 is 0 Å². The predicted molar refractivity (Wildman–Crippen MR) is 92.2 cm³/mol. The van der Waals surface area contributed by atoms with Crippen LogP contribution in [0.5, 0.6) is 0 Å². The van der Waals surface area contributed by atoms with Crippen LogP contribution in [0, 0.1) is 6.92 Å². The standard InChI is InChI=1S/C19H13ClN2/c1-12-7-8-14-9-10-15-16(13-5-3-2-4-6-13)11-17(20)22-19(15)18(14)21-12/h2-11H,1H3. The first-order valence-electron chi connectivity index (χ1n) is 7.14. The maximum atomic E-state index is 6.28. The molecule has 0 saturated carbocycles. The van der Waals surface area contributed by atoms with Gasteiger partial charge in [-0.2, -0.15) is 0 Å². The summed E-state index contributed by atoms with van der Waals surface area (Å²) in [4.78, 5) is 9.19. The van der Waals surface area contributed by atoms with Gasteiger partial charge < -0.3 is 0 Å². The van der Waals surface area contributed by atoms with Crippen LogP contribution in [-0.4, -0.2) is 9.97 Å². The molecule has 0 aliphatic heterocycles. The van der Waals surface area contributed by atoms with E-state index in [1.54, 1.807) is 0 Å². The summed E-state index contributed by atoms with van der Waals surface area (Å²) >= 11 is 6.28. The molecule has 0 aliphatic carbocycles. The summed E-state index contributed by atoms with van der Waals surface area (Å²) in [5, 5.41) is 2.63. The normalized spacial score (nSPS) is 11.2. The molecule has 0 fully saturated rings. The molecule has 0 bridgehead atoms. The molecule has 0 amide bonds. The number of benzene rings is 2. The minimum absolute atomic E-state index is 0.488. The monoisotopic (exact) mass is 304 g/mol. The molecule has 0 unspecified atom stereocenters. The number of halogens is 1. The zero-order valence-corrected chi connectivity index (χ0v) is 12.8. The van der Waals surface area contributed by atoms with E-state index in [0.29, 0.717) is 5.15 Å². The van der Waals surface area contributed by atoms with Gasteiger partial charge in [-0.25, -0.2) is 4.98 Å². The van der Waals surface area contributed by atoms with Crippen LogP contribution < -0.4 is 0 Å². The van der Waals surface area contributed by atoms with Crippen molar-refractivity contribution in [1.82, 2.24) is 9.97 Å². The highest BCUT2D eigenvalue weighted by molar-refractivity contribution is 6.30. The largest absolute Gasteiger partial charge is 0.251 e. The highest BCUT2D eigenvalue weighted by atomic mass is 35.5. The molecule has 0 spiro atoms. The van der Waals surface area contributed by atoms with Crippen molar-refractivity contribution in [3.05, 3.63) is 71.5 Å². The zero-order valence-electron chi connectivity index (χ0n) is 12.0. The van der Waals surface area contributed by atoms with Crippen molar-refractivity contribution in [3.8, 4) is 11.1 Å². The van der Waals surface area contributed by atoms with Crippen molar-refractivity contribution in [2.75, 3.05) is 0 Å². The third-order valence-corrected chi connectivity index (χ3v) is 4.03. The van der Waals surface area contributed by atoms with E-state index in [1.165, 1.54) is 0 Å². The van der Waals surface area contributed by atoms with Crippen LogP contribution in [-0.2, 0) is 0 Å². The molecule has 0 radical (unpaired) electrons. The molecule has 3 heteroatoms. The van der Waals surface area contributed by atoms with Crippen molar-refractivity contribution >= 4 is 33.4 Å². The van der Waals surface area contributed by atoms with Crippen molar-refractivity contribution < 1.29 is 0 Å². The average molecular weight is 305 g/mol. The highest BCUT2D eigenvalue weighted by Crippen LogP contribution is 2.33. The van der Waals surface area contributed by atoms with E-state index in [4.69, 9.17) is 11.6 Å². The lowest BCUT2D eigenvalue weighted by Gasteiger charge is -2.10. The molecular weight excluding hydrogens is 292 g/mol. The molecule has 0 aliphatic rings. The molecule has 0 N–H and O–H groups in total. The van der Waals surface area contributed by atoms with Gasteiger partial charge in [-0.3, -0.25) is 4.98 Å². The van der Waals surface area contributed by atoms with Crippen molar-refractivity contribution in [3.63, 3.8) is 0 Å². The SMILES string of the molecule is Cc1ccc2ccc3c(-c4ccccc4)cc(Cl)nc3c2n1. The maximum absolute atomic E-state index is 6.28. The van der Waals surface area contributed by atoms with Crippen LogP contribution in [0.4, 0.5) is 0 Å². The average Bonchev–Trinajstić information content (AvgIpc) is 2.55. The molecule has 0 saturated heterocycles. The van der Waals surface area contributed by atoms with Crippen LogP contribution in [0.25, 0.3) is 32.9 Å². The molecule has 106 valence electrons. The Morgan fingerprint density at radius 3 is 2.41 bits per heavy atom. The van der Waals surface area contributed by atoms with Crippen molar-refractivity contribution in [1.29, 1.82) is 0 Å². The number of rotatable bonds is 1. The molecule has 22 heavy (non-hydrogen) atoms. The smallest absolute Gasteiger partial charge is 0.130 e. The Morgan fingerprint density at radius 2 is 1.59 bits per heavy atom. The summed E-state index contributed by atoms with van der Waals surface area (Å²) in [7, 11) is 0. The maximum Gasteiger partial charge on any atom is 0.130 e. The molecule has 2 nitrogen and oxygen atoms in total. The third kappa shape index (κ3) is 2.13. The molecule has 2 heterocycles. The van der Waals surface area contributed by atoms with Gasteiger partial charge in [0.05, 0.1) is 11.0 Å². The number of fused-ring (bicyclic) bond motifs is 3. The van der Waals surface area contributed by atoms with E-state index in [1.807, 2.05) is 37.3 Å². The number of aryl methyl sites for hydroxylation is 1. The summed E-state index contributed by atoms with van der Waals surface area (Å²) in [6.45, 7) is 1.99. The summed E-state index contributed by atoms with van der Waals surface area (Å²) in [5.41, 5.74) is 4.94. The molecule has 2 aromatic carbocycles. The Balaban J connectivity index is 2.15. The van der Waals surface area contributed by atoms with Gasteiger partial charge in [-0.05, 0) is 30.2 Å². The van der Waals surface area contributed by atoms with Gasteiger partial charge in [0.2, 0.25) is 0 Å². The molecule has 4 aromatic rings. The van der Waals surface area contributed by atoms with Crippen LogP contribution in [0.2, 0.25) is 5.15 Å². The summed E-state index contributed by atoms with van der Waals surface area (Å²) in [6, 6.07) is 20.4. The fourth-order valence-electron chi connectivity index (χ4n) is 2.79. The Kier molecular flexibility index (Phi) is 3.05. The lowest BCUT2D eigenvalue weighted by atomic mass is 10.00. The van der Waals surface area contributed by atoms with Gasteiger partial charge in [-0.1, -0.05) is 60.1 Å². The summed E-state index contributed by atoms with van der Waals surface area (Å²) in [6.07, 6.45) is 0. The Labute approximate surface area is 133 Å². The van der Waals surface area contributed by atoms with Crippen molar-refractivity contribution in [2.45, 2.75) is 6.92 Å². The van der Waals surface area contributed by atoms with Crippen molar-refractivity contribution in [2.24, 2.45) is 0 Å². The lowest BCUT2D eigenvalue weighted by molar-refractivity contribution is 1.25. The van der Waals surface area contributed by atoms with E-state index >= 15 is 0 Å². The van der Waals surface area contributed by atoms with Gasteiger partial charge in [0.25, 0.3) is 0 Å². The Morgan fingerprint density at radius 1 is 0.818 bits per heavy atom. The molecule has 2 aromatic heterocycles. The first-order valence-corrected chi connectivity index (χ1v) is 7.52. The number of hydrogen-bond acceptors (Lipinski definition) is 2. The number of nitrogens with zero attached hydrogens (tertiary/aromatic N) is 2. The molecular formula is C19H13ClN2. The van der Waals surface area contributed by atoms with Gasteiger partial charge in [0, 0.05) is 16.5 Å². The van der Waals surface area contributed by atoms with Crippen LogP contribution in [0.15, 0.2) is 60.7 Å². The number of hydrogen-bond donors (Lipinski definition) is 0. The van der Waals surface area contributed by atoms with Crippen LogP contribution >= 0.6 is 11.6 Å². The minimum atomic E-state index is 0.488. The van der Waals surface area contributed by atoms with E-state index in [9.17, 15) is 0 Å². The van der Waals surface area contributed by atoms with Crippen LogP contribution in [0.1, 0.15) is 5.69 Å². The van der Waals surface area contributed by atoms with E-state index in [0.717, 1.165) is 38.6 Å². The lowest BCUT2D eigenvalue weighted by Crippen LogP contribution is -1.91. The molecule has 0 atom stereocenters. The molecule has 4 rings (SSSR count). The number of pyridine rings is 2. The first kappa shape index (κ1) is 13.2. The van der Waals surface area contributed by atoms with E-state index in [-0.39, 0.29) is 0 Å². The topological polar surface area (TPSA) is 25.8 Å². The number of aromatic nitrogens is 2. The van der Waals surface area contributed by atoms with Gasteiger partial charge in [-0.15, -0.1) is 0 Å². The predicted octanol–water partition coefficient (Wildman–Crippen LogP) is 5.41. The fraction of sp³-hybridized carbons (Fsp3) is 0.0526. The van der Waals surface area contributed by atoms with Crippen LogP contribution in [0.3, 0.4) is 0 Å². The quantitative estimate of drug-likeness (QED) is 0.347.